The van der Waals surface area contributed by atoms with Crippen LogP contribution in [0.15, 0.2) is 84.0 Å². The first kappa shape index (κ1) is 29.9. The lowest BCUT2D eigenvalue weighted by atomic mass is 10.2. The van der Waals surface area contributed by atoms with Crippen molar-refractivity contribution in [2.45, 2.75) is 17.6 Å². The average Bonchev–Trinajstić information content (AvgIpc) is 3.36. The summed E-state index contributed by atoms with van der Waals surface area (Å²) in [7, 11) is -13.2. The fraction of sp³-hybridized carbons (Fsp3) is 0.174. The highest BCUT2D eigenvalue weighted by molar-refractivity contribution is 7.95. The summed E-state index contributed by atoms with van der Waals surface area (Å²) >= 11 is 0. The predicted molar refractivity (Wildman–Crippen MR) is 133 cm³/mol. The first-order valence-corrected chi connectivity index (χ1v) is 14.1. The lowest BCUT2D eigenvalue weighted by Crippen LogP contribution is -2.54. The van der Waals surface area contributed by atoms with E-state index in [0.717, 1.165) is 11.6 Å². The van der Waals surface area contributed by atoms with Crippen LogP contribution < -0.4 is 14.0 Å². The van der Waals surface area contributed by atoms with Crippen LogP contribution in [0.4, 0.5) is 32.0 Å². The molecule has 0 saturated heterocycles. The van der Waals surface area contributed by atoms with Crippen LogP contribution >= 0.6 is 0 Å². The van der Waals surface area contributed by atoms with Gasteiger partial charge in [-0.05, 0) is 48.0 Å². The lowest BCUT2D eigenvalue weighted by Gasteiger charge is -2.26. The molecule has 0 aromatic heterocycles. The zero-order valence-electron chi connectivity index (χ0n) is 20.3. The number of benzene rings is 3. The Balaban J connectivity index is 1.54. The molecule has 0 aliphatic carbocycles. The van der Waals surface area contributed by atoms with Gasteiger partial charge >= 0.3 is 31.1 Å². The number of sulfonamides is 2. The first-order valence-electron chi connectivity index (χ1n) is 11.2. The van der Waals surface area contributed by atoms with Gasteiger partial charge in [-0.15, -0.1) is 9.93 Å². The second-order valence-electron chi connectivity index (χ2n) is 8.21. The van der Waals surface area contributed by atoms with E-state index in [1.165, 1.54) is 11.1 Å². The van der Waals surface area contributed by atoms with Crippen molar-refractivity contribution in [3.05, 3.63) is 90.0 Å². The number of hydrogen-bond acceptors (Lipinski definition) is 8. The van der Waals surface area contributed by atoms with Gasteiger partial charge in [-0.2, -0.15) is 39.2 Å². The van der Waals surface area contributed by atoms with Crippen molar-refractivity contribution in [1.82, 2.24) is 9.84 Å². The molecule has 0 amide bonds. The van der Waals surface area contributed by atoms with Crippen LogP contribution in [0.1, 0.15) is 11.1 Å². The van der Waals surface area contributed by atoms with Crippen molar-refractivity contribution < 1.29 is 52.7 Å². The normalized spacial score (nSPS) is 14.4. The Bertz CT molecular complexity index is 1630. The zero-order valence-corrected chi connectivity index (χ0v) is 21.9. The predicted octanol–water partition coefficient (Wildman–Crippen LogP) is 4.64. The van der Waals surface area contributed by atoms with Gasteiger partial charge < -0.3 is 9.47 Å². The Morgan fingerprint density at radius 1 is 0.854 bits per heavy atom. The van der Waals surface area contributed by atoms with E-state index in [9.17, 15) is 43.2 Å². The van der Waals surface area contributed by atoms with Crippen LogP contribution in [-0.4, -0.2) is 45.5 Å². The molecule has 0 radical (unpaired) electrons. The molecule has 0 saturated carbocycles. The minimum absolute atomic E-state index is 0.132. The van der Waals surface area contributed by atoms with Crippen molar-refractivity contribution >= 4 is 31.6 Å². The topological polar surface area (TPSA) is 118 Å². The van der Waals surface area contributed by atoms with Crippen molar-refractivity contribution in [2.24, 2.45) is 5.10 Å². The number of alkyl halides is 6. The van der Waals surface area contributed by atoms with Crippen LogP contribution in [-0.2, 0) is 31.3 Å². The third kappa shape index (κ3) is 6.83. The highest BCUT2D eigenvalue weighted by atomic mass is 32.2. The van der Waals surface area contributed by atoms with Gasteiger partial charge in [-0.1, -0.05) is 36.4 Å². The molecule has 1 aliphatic rings. The molecule has 10 nitrogen and oxygen atoms in total. The second kappa shape index (κ2) is 11.1. The number of ether oxygens (including phenoxy) is 2. The second-order valence-corrected chi connectivity index (χ2v) is 11.6. The number of nitrogens with one attached hydrogen (secondary N) is 1. The van der Waals surface area contributed by atoms with E-state index in [0.29, 0.717) is 28.5 Å². The lowest BCUT2D eigenvalue weighted by molar-refractivity contribution is -0.0468. The van der Waals surface area contributed by atoms with Crippen LogP contribution in [0.2, 0.25) is 0 Å². The number of hydrazine groups is 1. The van der Waals surface area contributed by atoms with Crippen LogP contribution in [0.25, 0.3) is 0 Å². The van der Waals surface area contributed by atoms with E-state index in [4.69, 9.17) is 9.47 Å². The fourth-order valence-corrected chi connectivity index (χ4v) is 5.02. The van der Waals surface area contributed by atoms with Crippen LogP contribution in [0.5, 0.6) is 11.5 Å². The summed E-state index contributed by atoms with van der Waals surface area (Å²) < 4.78 is 135. The van der Waals surface area contributed by atoms with Crippen LogP contribution in [0.3, 0.4) is 0 Å². The number of hydrogen-bond donors (Lipinski definition) is 1. The molecule has 0 fully saturated rings. The first-order chi connectivity index (χ1) is 19.1. The standard InChI is InChI=1S/C23H18F6N4O6S2/c24-22(25,26)40(34,35)31-33(41(36,37)23(27,28)29)18-6-4-5-17(13-18)21-30-32(15-38-21)14-16-9-11-20(12-10-16)39-19-7-2-1-3-8-19/h1-13,31H,14-15H2. The molecule has 4 rings (SSSR count). The minimum Gasteiger partial charge on any atom is -0.457 e. The minimum atomic E-state index is -6.66. The maximum absolute atomic E-state index is 13.2. The largest absolute Gasteiger partial charge is 0.518 e. The highest BCUT2D eigenvalue weighted by Gasteiger charge is 2.55. The molecular formula is C23H18F6N4O6S2. The average molecular weight is 625 g/mol. The fourth-order valence-electron chi connectivity index (χ4n) is 3.31. The van der Waals surface area contributed by atoms with E-state index in [1.807, 2.05) is 18.2 Å². The van der Waals surface area contributed by atoms with Crippen LogP contribution in [0, 0.1) is 0 Å². The van der Waals surface area contributed by atoms with Gasteiger partial charge in [0.25, 0.3) is 0 Å². The van der Waals surface area contributed by atoms with Crippen molar-refractivity contribution in [3.63, 3.8) is 0 Å². The third-order valence-electron chi connectivity index (χ3n) is 5.22. The number of hydrazone groups is 1. The van der Waals surface area contributed by atoms with Gasteiger partial charge in [-0.3, -0.25) is 5.01 Å². The highest BCUT2D eigenvalue weighted by Crippen LogP contribution is 2.32. The monoisotopic (exact) mass is 624 g/mol. The molecule has 0 unspecified atom stereocenters. The number of halogens is 6. The molecule has 3 aromatic carbocycles. The Labute approximate surface area is 229 Å². The van der Waals surface area contributed by atoms with Gasteiger partial charge in [0.15, 0.2) is 6.73 Å². The summed E-state index contributed by atoms with van der Waals surface area (Å²) in [5.74, 6) is 0.995. The molecule has 0 bridgehead atoms. The number of para-hydroxylation sites is 1. The summed E-state index contributed by atoms with van der Waals surface area (Å²) in [6.45, 7) is 0.0713. The van der Waals surface area contributed by atoms with E-state index >= 15 is 0 Å². The summed E-state index contributed by atoms with van der Waals surface area (Å²) in [4.78, 5) is 0.447. The zero-order chi connectivity index (χ0) is 30.1. The quantitative estimate of drug-likeness (QED) is 0.272. The van der Waals surface area contributed by atoms with E-state index < -0.39 is 41.2 Å². The molecule has 0 spiro atoms. The Morgan fingerprint density at radius 2 is 1.49 bits per heavy atom. The summed E-state index contributed by atoms with van der Waals surface area (Å²) in [5.41, 5.74) is -12.8. The smallest absolute Gasteiger partial charge is 0.457 e. The SMILES string of the molecule is O=S(=O)(NN(c1cccc(C2=NN(Cc3ccc(Oc4ccccc4)cc3)CO2)c1)S(=O)(=O)C(F)(F)F)C(F)(F)F. The molecule has 1 heterocycles. The summed E-state index contributed by atoms with van der Waals surface area (Å²) in [6, 6.07) is 19.5. The molecule has 18 heteroatoms. The van der Waals surface area contributed by atoms with Gasteiger partial charge in [0.1, 0.15) is 11.5 Å². The maximum atomic E-state index is 13.2. The summed E-state index contributed by atoms with van der Waals surface area (Å²) in [6.07, 6.45) is 0. The third-order valence-corrected chi connectivity index (χ3v) is 7.73. The maximum Gasteiger partial charge on any atom is 0.518 e. The number of rotatable bonds is 9. The summed E-state index contributed by atoms with van der Waals surface area (Å²) in [5, 5.41) is 5.57. The number of nitrogens with zero attached hydrogens (tertiary/aromatic N) is 3. The van der Waals surface area contributed by atoms with Gasteiger partial charge in [0.2, 0.25) is 5.90 Å². The Kier molecular flexibility index (Phi) is 8.10. The van der Waals surface area contributed by atoms with E-state index in [2.05, 4.69) is 5.10 Å². The molecule has 220 valence electrons. The van der Waals surface area contributed by atoms with Crippen molar-refractivity contribution in [1.29, 1.82) is 0 Å². The molecule has 1 aliphatic heterocycles. The van der Waals surface area contributed by atoms with Gasteiger partial charge in [0.05, 0.1) is 12.2 Å². The van der Waals surface area contributed by atoms with Crippen molar-refractivity contribution in [3.8, 4) is 11.5 Å². The van der Waals surface area contributed by atoms with E-state index in [1.54, 1.807) is 36.4 Å². The van der Waals surface area contributed by atoms with Crippen molar-refractivity contribution in [2.75, 3.05) is 11.1 Å². The van der Waals surface area contributed by atoms with Gasteiger partial charge in [-0.25, -0.2) is 8.42 Å². The van der Waals surface area contributed by atoms with Gasteiger partial charge in [0, 0.05) is 5.56 Å². The molecular weight excluding hydrogens is 606 g/mol. The Hall–Kier alpha value is -4.03. The number of anilines is 1. The molecule has 1 N–H and O–H groups in total. The Morgan fingerprint density at radius 3 is 2.10 bits per heavy atom. The molecule has 0 atom stereocenters. The molecule has 3 aromatic rings. The van der Waals surface area contributed by atoms with E-state index in [-0.39, 0.29) is 24.7 Å². The molecule has 41 heavy (non-hydrogen) atoms.